The number of para-hydroxylation sites is 2. The van der Waals surface area contributed by atoms with Crippen molar-refractivity contribution in [2.75, 3.05) is 46.0 Å². The van der Waals surface area contributed by atoms with E-state index in [0.717, 1.165) is 52.1 Å². The van der Waals surface area contributed by atoms with E-state index in [4.69, 9.17) is 18.6 Å². The van der Waals surface area contributed by atoms with Crippen LogP contribution in [0, 0.1) is 0 Å². The molecular formula is C32H38N4O7. The fourth-order valence-corrected chi connectivity index (χ4v) is 5.32. The summed E-state index contributed by atoms with van der Waals surface area (Å²) in [6, 6.07) is 14.1. The number of hydrogen-bond donors (Lipinski definition) is 2. The van der Waals surface area contributed by atoms with Crippen molar-refractivity contribution in [2.45, 2.75) is 44.6 Å². The van der Waals surface area contributed by atoms with Gasteiger partial charge in [-0.2, -0.15) is 0 Å². The Balaban J connectivity index is 1.15. The number of hydrogen-bond acceptors (Lipinski definition) is 9. The molecule has 0 spiro atoms. The lowest BCUT2D eigenvalue weighted by atomic mass is 9.80. The molecule has 1 saturated heterocycles. The molecule has 1 aliphatic heterocycles. The largest absolute Gasteiger partial charge is 0.492 e. The van der Waals surface area contributed by atoms with Gasteiger partial charge in [-0.1, -0.05) is 31.4 Å². The van der Waals surface area contributed by atoms with E-state index in [0.29, 0.717) is 42.0 Å². The third-order valence-corrected chi connectivity index (χ3v) is 7.75. The molecule has 2 heterocycles. The second kappa shape index (κ2) is 14.3. The Labute approximate surface area is 250 Å². The van der Waals surface area contributed by atoms with Crippen LogP contribution in [0.25, 0.3) is 11.1 Å². The van der Waals surface area contributed by atoms with Crippen LogP contribution in [0.4, 0.5) is 0 Å². The molecule has 2 fully saturated rings. The minimum Gasteiger partial charge on any atom is -0.492 e. The van der Waals surface area contributed by atoms with Gasteiger partial charge < -0.3 is 29.3 Å². The summed E-state index contributed by atoms with van der Waals surface area (Å²) < 4.78 is 22.7. The molecule has 2 amide bonds. The van der Waals surface area contributed by atoms with Crippen LogP contribution in [0.15, 0.2) is 64.8 Å². The Kier molecular flexibility index (Phi) is 10.1. The zero-order valence-electron chi connectivity index (χ0n) is 24.4. The van der Waals surface area contributed by atoms with Crippen LogP contribution in [0.2, 0.25) is 0 Å². The van der Waals surface area contributed by atoms with Gasteiger partial charge in [0.15, 0.2) is 11.3 Å². The number of Topliss-reactive ketones (excluding diaryl/α,β-unsaturated/α-hetero) is 1. The number of fused-ring (bicyclic) bond motifs is 1. The summed E-state index contributed by atoms with van der Waals surface area (Å²) in [4.78, 5) is 46.0. The number of carbonyl (C=O) groups is 3. The number of rotatable bonds is 12. The second-order valence-electron chi connectivity index (χ2n) is 10.7. The van der Waals surface area contributed by atoms with Crippen molar-refractivity contribution in [1.29, 1.82) is 0 Å². The van der Waals surface area contributed by atoms with Crippen molar-refractivity contribution >= 4 is 28.7 Å². The van der Waals surface area contributed by atoms with Crippen molar-refractivity contribution in [3.05, 3.63) is 66.3 Å². The van der Waals surface area contributed by atoms with E-state index in [1.165, 1.54) is 0 Å². The Hall–Kier alpha value is -4.22. The van der Waals surface area contributed by atoms with Crippen LogP contribution in [0.5, 0.6) is 11.5 Å². The number of morpholine rings is 1. The highest BCUT2D eigenvalue weighted by Crippen LogP contribution is 2.29. The minimum atomic E-state index is -1.16. The van der Waals surface area contributed by atoms with Gasteiger partial charge in [0.05, 0.1) is 19.8 Å². The van der Waals surface area contributed by atoms with E-state index in [-0.39, 0.29) is 18.2 Å². The van der Waals surface area contributed by atoms with E-state index in [2.05, 4.69) is 20.5 Å². The van der Waals surface area contributed by atoms with Crippen molar-refractivity contribution < 1.29 is 33.0 Å². The summed E-state index contributed by atoms with van der Waals surface area (Å²) in [5.74, 6) is -0.197. The molecule has 228 valence electrons. The summed E-state index contributed by atoms with van der Waals surface area (Å²) in [5.41, 5.74) is -0.0942. The lowest BCUT2D eigenvalue weighted by Crippen LogP contribution is -2.60. The van der Waals surface area contributed by atoms with E-state index >= 15 is 0 Å². The maximum absolute atomic E-state index is 13.4. The number of carbonyl (C=O) groups excluding carboxylic acids is 3. The van der Waals surface area contributed by atoms with Gasteiger partial charge >= 0.3 is 0 Å². The lowest BCUT2D eigenvalue weighted by molar-refractivity contribution is -0.134. The van der Waals surface area contributed by atoms with Gasteiger partial charge in [0.2, 0.25) is 11.7 Å². The number of benzene rings is 2. The molecule has 1 saturated carbocycles. The predicted molar refractivity (Wildman–Crippen MR) is 159 cm³/mol. The molecule has 0 unspecified atom stereocenters. The molecule has 2 aromatic carbocycles. The maximum Gasteiger partial charge on any atom is 0.287 e. The van der Waals surface area contributed by atoms with Crippen LogP contribution in [0.1, 0.15) is 49.7 Å². The summed E-state index contributed by atoms with van der Waals surface area (Å²) in [6.07, 6.45) is 4.97. The van der Waals surface area contributed by atoms with E-state index in [1.807, 2.05) is 0 Å². The van der Waals surface area contributed by atoms with Crippen LogP contribution in [0.3, 0.4) is 0 Å². The molecule has 0 atom stereocenters. The van der Waals surface area contributed by atoms with Gasteiger partial charge in [-0.3, -0.25) is 19.3 Å². The summed E-state index contributed by atoms with van der Waals surface area (Å²) in [7, 11) is 0. The quantitative estimate of drug-likeness (QED) is 0.184. The average Bonchev–Trinajstić information content (AvgIpc) is 3.48. The van der Waals surface area contributed by atoms with Crippen molar-refractivity contribution in [2.24, 2.45) is 0 Å². The lowest BCUT2D eigenvalue weighted by Gasteiger charge is -2.36. The SMILES string of the molecule is C/C=C(\Oc1ccc(OCCN2CCOCC2)cc1)C(=O)NC1(C(=O)NCC(=O)c2nc3ccccc3o2)CCCCC1. The molecule has 1 aromatic heterocycles. The topological polar surface area (TPSA) is 132 Å². The van der Waals surface area contributed by atoms with Gasteiger partial charge in [-0.15, -0.1) is 0 Å². The van der Waals surface area contributed by atoms with E-state index < -0.39 is 23.1 Å². The molecule has 11 nitrogen and oxygen atoms in total. The monoisotopic (exact) mass is 590 g/mol. The average molecular weight is 591 g/mol. The number of nitrogens with zero attached hydrogens (tertiary/aromatic N) is 2. The Morgan fingerprint density at radius 1 is 1.00 bits per heavy atom. The number of ketones is 1. The summed E-state index contributed by atoms with van der Waals surface area (Å²) in [5, 5.41) is 5.63. The molecule has 0 bridgehead atoms. The third-order valence-electron chi connectivity index (χ3n) is 7.75. The van der Waals surface area contributed by atoms with Gasteiger partial charge in [0, 0.05) is 19.6 Å². The Morgan fingerprint density at radius 2 is 1.72 bits per heavy atom. The fraction of sp³-hybridized carbons (Fsp3) is 0.438. The van der Waals surface area contributed by atoms with Crippen LogP contribution in [-0.4, -0.2) is 79.0 Å². The van der Waals surface area contributed by atoms with E-state index in [9.17, 15) is 14.4 Å². The number of amides is 2. The molecular weight excluding hydrogens is 552 g/mol. The first-order valence-electron chi connectivity index (χ1n) is 14.8. The molecule has 1 aliphatic carbocycles. The Morgan fingerprint density at radius 3 is 2.44 bits per heavy atom. The van der Waals surface area contributed by atoms with Crippen molar-refractivity contribution in [3.8, 4) is 11.5 Å². The highest BCUT2D eigenvalue weighted by atomic mass is 16.5. The van der Waals surface area contributed by atoms with E-state index in [1.54, 1.807) is 61.5 Å². The van der Waals surface area contributed by atoms with Gasteiger partial charge in [0.25, 0.3) is 11.8 Å². The molecule has 11 heteroatoms. The minimum absolute atomic E-state index is 0.0682. The number of oxazole rings is 1. The first-order chi connectivity index (χ1) is 21.0. The predicted octanol–water partition coefficient (Wildman–Crippen LogP) is 3.64. The third kappa shape index (κ3) is 7.79. The van der Waals surface area contributed by atoms with Gasteiger partial charge in [0.1, 0.15) is 29.2 Å². The number of allylic oxidation sites excluding steroid dienone is 1. The van der Waals surface area contributed by atoms with Crippen molar-refractivity contribution in [1.82, 2.24) is 20.5 Å². The van der Waals surface area contributed by atoms with Crippen LogP contribution in [-0.2, 0) is 14.3 Å². The molecule has 2 N–H and O–H groups in total. The summed E-state index contributed by atoms with van der Waals surface area (Å²) in [6.45, 7) is 6.11. The number of aromatic nitrogens is 1. The van der Waals surface area contributed by atoms with Crippen LogP contribution < -0.4 is 20.1 Å². The van der Waals surface area contributed by atoms with Crippen LogP contribution >= 0.6 is 0 Å². The first-order valence-corrected chi connectivity index (χ1v) is 14.8. The zero-order chi connectivity index (χ0) is 30.1. The maximum atomic E-state index is 13.4. The smallest absolute Gasteiger partial charge is 0.287 e. The number of ether oxygens (including phenoxy) is 3. The molecule has 5 rings (SSSR count). The normalized spacial score (nSPS) is 17.3. The summed E-state index contributed by atoms with van der Waals surface area (Å²) >= 11 is 0. The molecule has 43 heavy (non-hydrogen) atoms. The Bertz CT molecular complexity index is 1400. The fourth-order valence-electron chi connectivity index (χ4n) is 5.32. The number of nitrogens with one attached hydrogen (secondary N) is 2. The first kappa shape index (κ1) is 30.2. The zero-order valence-corrected chi connectivity index (χ0v) is 24.4. The highest BCUT2D eigenvalue weighted by molar-refractivity contribution is 6.01. The standard InChI is InChI=1S/C32H38N4O7/c1-2-27(42-24-12-10-23(11-13-24)41-21-18-36-16-19-40-20-17-36)29(38)35-32(14-6-3-7-15-32)31(39)33-22-26(37)30-34-25-8-4-5-9-28(25)43-30/h2,4-5,8-13H,3,6-7,14-22H2,1H3,(H,33,39)(H,35,38)/b27-2-. The van der Waals surface area contributed by atoms with Gasteiger partial charge in [-0.05, 0) is 62.2 Å². The second-order valence-corrected chi connectivity index (χ2v) is 10.7. The molecule has 0 radical (unpaired) electrons. The molecule has 2 aliphatic rings. The van der Waals surface area contributed by atoms with Gasteiger partial charge in [-0.25, -0.2) is 4.98 Å². The van der Waals surface area contributed by atoms with Crippen molar-refractivity contribution in [3.63, 3.8) is 0 Å². The highest BCUT2D eigenvalue weighted by Gasteiger charge is 2.41. The molecule has 3 aromatic rings.